The van der Waals surface area contributed by atoms with Crippen molar-refractivity contribution in [2.24, 2.45) is 0 Å². The van der Waals surface area contributed by atoms with Crippen molar-refractivity contribution in [3.8, 4) is 0 Å². The molecule has 6 nitrogen and oxygen atoms in total. The minimum Gasteiger partial charge on any atom is -0.359 e. The highest BCUT2D eigenvalue weighted by Gasteiger charge is 2.42. The normalized spacial score (nSPS) is 38.9. The second-order valence-corrected chi connectivity index (χ2v) is 5.03. The summed E-state index contributed by atoms with van der Waals surface area (Å²) in [5, 5.41) is 13.3. The maximum atomic E-state index is 5.99. The summed E-state index contributed by atoms with van der Waals surface area (Å²) in [6.07, 6.45) is -0.683. The van der Waals surface area contributed by atoms with Crippen LogP contribution in [0.1, 0.15) is 27.7 Å². The van der Waals surface area contributed by atoms with E-state index in [-0.39, 0.29) is 24.9 Å². The molecule has 0 spiro atoms. The summed E-state index contributed by atoms with van der Waals surface area (Å²) in [6, 6.07) is 0. The van der Waals surface area contributed by atoms with E-state index in [4.69, 9.17) is 9.47 Å². The van der Waals surface area contributed by atoms with E-state index in [9.17, 15) is 0 Å². The third-order valence-electron chi connectivity index (χ3n) is 3.70. The molecule has 3 aliphatic heterocycles. The first-order valence-corrected chi connectivity index (χ1v) is 6.26. The summed E-state index contributed by atoms with van der Waals surface area (Å²) < 4.78 is 12.0. The quantitative estimate of drug-likeness (QED) is 0.495. The molecule has 4 N–H and O–H groups in total. The fraction of sp³-hybridized carbons (Fsp3) is 0.667. The van der Waals surface area contributed by atoms with Gasteiger partial charge in [0.2, 0.25) is 0 Å². The van der Waals surface area contributed by atoms with E-state index < -0.39 is 0 Å². The Hall–Kier alpha value is -1.40. The molecule has 3 rings (SSSR count). The fourth-order valence-electron chi connectivity index (χ4n) is 2.33. The van der Waals surface area contributed by atoms with Crippen molar-refractivity contribution in [1.29, 1.82) is 0 Å². The number of rotatable bonds is 0. The summed E-state index contributed by atoms with van der Waals surface area (Å²) in [5.41, 5.74) is 4.35. The van der Waals surface area contributed by atoms with Crippen molar-refractivity contribution in [3.63, 3.8) is 0 Å². The van der Waals surface area contributed by atoms with Gasteiger partial charge in [0.15, 0.2) is 24.9 Å². The van der Waals surface area contributed by atoms with Crippen LogP contribution >= 0.6 is 0 Å². The molecule has 0 radical (unpaired) electrons. The summed E-state index contributed by atoms with van der Waals surface area (Å²) in [6.45, 7) is 8.09. The minimum atomic E-state index is -0.171. The van der Waals surface area contributed by atoms with Crippen LogP contribution in [-0.4, -0.2) is 24.9 Å². The van der Waals surface area contributed by atoms with E-state index in [1.165, 1.54) is 0 Å². The van der Waals surface area contributed by atoms with Gasteiger partial charge in [0.05, 0.1) is 0 Å². The van der Waals surface area contributed by atoms with Crippen molar-refractivity contribution in [1.82, 2.24) is 21.3 Å². The Morgan fingerprint density at radius 3 is 1.00 bits per heavy atom. The Bertz CT molecular complexity index is 356. The molecule has 18 heavy (non-hydrogen) atoms. The van der Waals surface area contributed by atoms with Crippen LogP contribution < -0.4 is 21.3 Å². The smallest absolute Gasteiger partial charge is 0.175 e. The van der Waals surface area contributed by atoms with Crippen molar-refractivity contribution < 1.29 is 9.47 Å². The van der Waals surface area contributed by atoms with Gasteiger partial charge in [-0.15, -0.1) is 0 Å². The highest BCUT2D eigenvalue weighted by molar-refractivity contribution is 5.15. The van der Waals surface area contributed by atoms with Crippen LogP contribution in [0.25, 0.3) is 0 Å². The molecule has 0 aromatic heterocycles. The van der Waals surface area contributed by atoms with Gasteiger partial charge in [-0.1, -0.05) is 0 Å². The second-order valence-electron chi connectivity index (χ2n) is 5.03. The third-order valence-corrected chi connectivity index (χ3v) is 3.70. The molecule has 0 aromatic rings. The molecule has 100 valence electrons. The number of ether oxygens (including phenoxy) is 2. The summed E-state index contributed by atoms with van der Waals surface area (Å²) in [5.74, 6) is 0. The lowest BCUT2D eigenvalue weighted by atomic mass is 10.2. The molecule has 3 aliphatic rings. The lowest BCUT2D eigenvalue weighted by Crippen LogP contribution is -2.68. The zero-order valence-electron chi connectivity index (χ0n) is 11.1. The third kappa shape index (κ3) is 1.81. The van der Waals surface area contributed by atoms with Crippen molar-refractivity contribution in [3.05, 3.63) is 22.8 Å². The van der Waals surface area contributed by atoms with Gasteiger partial charge in [-0.3, -0.25) is 0 Å². The summed E-state index contributed by atoms with van der Waals surface area (Å²) >= 11 is 0. The van der Waals surface area contributed by atoms with Crippen LogP contribution in [0.15, 0.2) is 22.8 Å². The molecule has 0 aromatic carbocycles. The van der Waals surface area contributed by atoms with Crippen molar-refractivity contribution >= 4 is 0 Å². The van der Waals surface area contributed by atoms with Crippen molar-refractivity contribution in [2.45, 2.75) is 52.6 Å². The average Bonchev–Trinajstić information content (AvgIpc) is 2.31. The van der Waals surface area contributed by atoms with Gasteiger partial charge in [0, 0.05) is 22.8 Å². The molecule has 0 saturated carbocycles. The van der Waals surface area contributed by atoms with Crippen LogP contribution in [0.2, 0.25) is 0 Å². The molecular weight excluding hydrogens is 232 g/mol. The van der Waals surface area contributed by atoms with Crippen LogP contribution in [0.5, 0.6) is 0 Å². The molecule has 6 heteroatoms. The molecule has 1 fully saturated rings. The van der Waals surface area contributed by atoms with E-state index in [0.29, 0.717) is 0 Å². The van der Waals surface area contributed by atoms with Crippen LogP contribution in [0.3, 0.4) is 0 Å². The van der Waals surface area contributed by atoms with Gasteiger partial charge in [-0.2, -0.15) is 0 Å². The lowest BCUT2D eigenvalue weighted by molar-refractivity contribution is -0.251. The molecule has 0 aliphatic carbocycles. The van der Waals surface area contributed by atoms with Gasteiger partial charge < -0.3 is 30.7 Å². The van der Waals surface area contributed by atoms with Gasteiger partial charge in [-0.25, -0.2) is 0 Å². The zero-order valence-corrected chi connectivity index (χ0v) is 11.1. The second kappa shape index (κ2) is 4.07. The van der Waals surface area contributed by atoms with E-state index in [1.54, 1.807) is 0 Å². The first kappa shape index (κ1) is 11.7. The lowest BCUT2D eigenvalue weighted by Gasteiger charge is -2.47. The first-order valence-electron chi connectivity index (χ1n) is 6.26. The monoisotopic (exact) mass is 252 g/mol. The maximum absolute atomic E-state index is 5.99. The molecule has 1 saturated heterocycles. The van der Waals surface area contributed by atoms with Gasteiger partial charge >= 0.3 is 0 Å². The minimum absolute atomic E-state index is 0.171. The largest absolute Gasteiger partial charge is 0.359 e. The SMILES string of the molecule is CC1=C(C)NC2OC3NC(C)=C(C)NC3OC2N1. The molecular formula is C12H20N4O2. The molecule has 3 heterocycles. The van der Waals surface area contributed by atoms with Gasteiger partial charge in [-0.05, 0) is 27.7 Å². The van der Waals surface area contributed by atoms with Crippen LogP contribution in [0, 0.1) is 0 Å². The Balaban J connectivity index is 1.77. The van der Waals surface area contributed by atoms with E-state index in [2.05, 4.69) is 21.3 Å². The topological polar surface area (TPSA) is 66.6 Å². The number of allylic oxidation sites excluding steroid dienone is 4. The standard InChI is InChI=1S/C12H20N4O2/c1-5-6(2)14-10-9(13-5)17-11-12(18-10)16-8(4)7(3)15-11/h9-16H,1-4H3. The van der Waals surface area contributed by atoms with Gasteiger partial charge in [0.25, 0.3) is 0 Å². The number of hydrogen-bond acceptors (Lipinski definition) is 6. The average molecular weight is 252 g/mol. The fourth-order valence-corrected chi connectivity index (χ4v) is 2.33. The predicted octanol–water partition coefficient (Wildman–Crippen LogP) is 0.226. The van der Waals surface area contributed by atoms with Crippen molar-refractivity contribution in [2.75, 3.05) is 0 Å². The Labute approximate surface area is 107 Å². The number of hydrogen-bond donors (Lipinski definition) is 4. The maximum Gasteiger partial charge on any atom is 0.175 e. The number of nitrogens with one attached hydrogen (secondary N) is 4. The zero-order chi connectivity index (χ0) is 12.9. The molecule has 4 atom stereocenters. The van der Waals surface area contributed by atoms with Crippen LogP contribution in [-0.2, 0) is 9.47 Å². The molecule has 0 bridgehead atoms. The Morgan fingerprint density at radius 1 is 0.556 bits per heavy atom. The van der Waals surface area contributed by atoms with E-state index >= 15 is 0 Å². The van der Waals surface area contributed by atoms with E-state index in [0.717, 1.165) is 22.8 Å². The molecule has 4 unspecified atom stereocenters. The first-order chi connectivity index (χ1) is 8.54. The Kier molecular flexibility index (Phi) is 2.64. The predicted molar refractivity (Wildman–Crippen MR) is 66.6 cm³/mol. The van der Waals surface area contributed by atoms with Gasteiger partial charge in [0.1, 0.15) is 0 Å². The highest BCUT2D eigenvalue weighted by Crippen LogP contribution is 2.24. The number of fused-ring (bicyclic) bond motifs is 2. The highest BCUT2D eigenvalue weighted by atomic mass is 16.6. The summed E-state index contributed by atoms with van der Waals surface area (Å²) in [7, 11) is 0. The molecule has 0 amide bonds. The Morgan fingerprint density at radius 2 is 0.778 bits per heavy atom. The van der Waals surface area contributed by atoms with E-state index in [1.807, 2.05) is 27.7 Å². The van der Waals surface area contributed by atoms with Crippen LogP contribution in [0.4, 0.5) is 0 Å². The summed E-state index contributed by atoms with van der Waals surface area (Å²) in [4.78, 5) is 0.